The van der Waals surface area contributed by atoms with Gasteiger partial charge in [-0.1, -0.05) is 0 Å². The number of amides is 1. The number of aryl methyl sites for hydroxylation is 2. The van der Waals surface area contributed by atoms with Gasteiger partial charge in [-0.15, -0.1) is 0 Å². The molecule has 0 fully saturated rings. The van der Waals surface area contributed by atoms with E-state index in [1.54, 1.807) is 12.1 Å². The topological polar surface area (TPSA) is 80.3 Å². The molecule has 0 aromatic carbocycles. The monoisotopic (exact) mass is 263 g/mol. The molecular weight excluding hydrogens is 246 g/mol. The molecule has 0 spiro atoms. The maximum atomic E-state index is 11.6. The molecule has 0 aliphatic heterocycles. The molecule has 0 saturated heterocycles. The van der Waals surface area contributed by atoms with Crippen LogP contribution in [0, 0.1) is 13.8 Å². The summed E-state index contributed by atoms with van der Waals surface area (Å²) in [6.45, 7) is 4.52. The van der Waals surface area contributed by atoms with Crippen molar-refractivity contribution in [2.24, 2.45) is 0 Å². The fourth-order valence-electron chi connectivity index (χ4n) is 1.82. The molecule has 6 heteroatoms. The number of nitrogens with zero attached hydrogens (tertiary/aromatic N) is 2. The van der Waals surface area contributed by atoms with Gasteiger partial charge in [0.1, 0.15) is 5.76 Å². The largest absolute Gasteiger partial charge is 0.454 e. The lowest BCUT2D eigenvalue weighted by molar-refractivity contribution is 0.0915. The van der Waals surface area contributed by atoms with E-state index in [0.29, 0.717) is 12.3 Å². The van der Waals surface area contributed by atoms with Crippen LogP contribution in [0.2, 0.25) is 0 Å². The van der Waals surface area contributed by atoms with Gasteiger partial charge in [0.15, 0.2) is 5.76 Å². The summed E-state index contributed by atoms with van der Waals surface area (Å²) < 4.78 is 7.28. The van der Waals surface area contributed by atoms with Crippen molar-refractivity contribution in [2.75, 3.05) is 13.2 Å². The zero-order chi connectivity index (χ0) is 13.8. The van der Waals surface area contributed by atoms with Crippen LogP contribution < -0.4 is 5.32 Å². The van der Waals surface area contributed by atoms with Crippen LogP contribution in [-0.4, -0.2) is 33.9 Å². The van der Waals surface area contributed by atoms with E-state index in [2.05, 4.69) is 10.4 Å². The van der Waals surface area contributed by atoms with E-state index in [-0.39, 0.29) is 24.8 Å². The molecule has 2 aromatic heterocycles. The van der Waals surface area contributed by atoms with Gasteiger partial charge in [0.25, 0.3) is 5.91 Å². The summed E-state index contributed by atoms with van der Waals surface area (Å²) in [6.07, 6.45) is 0. The molecule has 0 aliphatic rings. The molecule has 2 rings (SSSR count). The van der Waals surface area contributed by atoms with E-state index in [1.165, 1.54) is 0 Å². The third-order valence-electron chi connectivity index (χ3n) is 2.69. The van der Waals surface area contributed by atoms with Gasteiger partial charge in [-0.2, -0.15) is 5.10 Å². The van der Waals surface area contributed by atoms with Crippen LogP contribution in [0.1, 0.15) is 27.7 Å². The number of aliphatic hydroxyl groups excluding tert-OH is 1. The Morgan fingerprint density at radius 3 is 2.89 bits per heavy atom. The minimum atomic E-state index is -0.325. The molecule has 2 aromatic rings. The van der Waals surface area contributed by atoms with E-state index in [9.17, 15) is 4.79 Å². The summed E-state index contributed by atoms with van der Waals surface area (Å²) in [4.78, 5) is 11.6. The second-order valence-corrected chi connectivity index (χ2v) is 4.33. The Morgan fingerprint density at radius 1 is 1.47 bits per heavy atom. The fraction of sp³-hybridized carbons (Fsp3) is 0.385. The number of aliphatic hydroxyl groups is 1. The highest BCUT2D eigenvalue weighted by molar-refractivity contribution is 5.91. The molecule has 0 atom stereocenters. The third kappa shape index (κ3) is 3.23. The minimum absolute atomic E-state index is 0.0922. The van der Waals surface area contributed by atoms with E-state index in [4.69, 9.17) is 9.52 Å². The summed E-state index contributed by atoms with van der Waals surface area (Å²) in [5.74, 6) is 0.582. The lowest BCUT2D eigenvalue weighted by Crippen LogP contribution is -2.25. The van der Waals surface area contributed by atoms with E-state index >= 15 is 0 Å². The van der Waals surface area contributed by atoms with Crippen molar-refractivity contribution in [3.63, 3.8) is 0 Å². The van der Waals surface area contributed by atoms with Gasteiger partial charge >= 0.3 is 0 Å². The van der Waals surface area contributed by atoms with Crippen molar-refractivity contribution in [2.45, 2.75) is 20.4 Å². The van der Waals surface area contributed by atoms with Gasteiger partial charge in [0.05, 0.1) is 18.8 Å². The predicted molar refractivity (Wildman–Crippen MR) is 68.9 cm³/mol. The van der Waals surface area contributed by atoms with Crippen molar-refractivity contribution >= 4 is 5.91 Å². The Kier molecular flexibility index (Phi) is 4.01. The highest BCUT2D eigenvalue weighted by Crippen LogP contribution is 2.11. The predicted octanol–water partition coefficient (Wildman–Crippen LogP) is 0.863. The Balaban J connectivity index is 2.05. The Hall–Kier alpha value is -2.08. The fourth-order valence-corrected chi connectivity index (χ4v) is 1.82. The third-order valence-corrected chi connectivity index (χ3v) is 2.69. The van der Waals surface area contributed by atoms with Gasteiger partial charge in [0, 0.05) is 12.2 Å². The van der Waals surface area contributed by atoms with Gasteiger partial charge in [0.2, 0.25) is 0 Å². The van der Waals surface area contributed by atoms with Crippen LogP contribution in [0.25, 0.3) is 0 Å². The summed E-state index contributed by atoms with van der Waals surface area (Å²) in [5, 5.41) is 15.5. The summed E-state index contributed by atoms with van der Waals surface area (Å²) in [7, 11) is 0. The lowest BCUT2D eigenvalue weighted by Gasteiger charge is -2.02. The second kappa shape index (κ2) is 5.71. The average Bonchev–Trinajstić information content (AvgIpc) is 2.94. The van der Waals surface area contributed by atoms with Crippen LogP contribution in [0.4, 0.5) is 0 Å². The van der Waals surface area contributed by atoms with Gasteiger partial charge in [-0.05, 0) is 32.0 Å². The standard InChI is InChI=1S/C13H17N3O3/c1-9-7-10(2)16(15-9)8-11-3-4-12(19-11)13(18)14-5-6-17/h3-4,7,17H,5-6,8H2,1-2H3,(H,14,18). The van der Waals surface area contributed by atoms with E-state index in [1.807, 2.05) is 24.6 Å². The van der Waals surface area contributed by atoms with Crippen LogP contribution in [-0.2, 0) is 6.54 Å². The van der Waals surface area contributed by atoms with Crippen molar-refractivity contribution in [3.8, 4) is 0 Å². The van der Waals surface area contributed by atoms with Crippen LogP contribution in [0.15, 0.2) is 22.6 Å². The van der Waals surface area contributed by atoms with Crippen LogP contribution in [0.5, 0.6) is 0 Å². The normalized spacial score (nSPS) is 10.7. The number of rotatable bonds is 5. The maximum Gasteiger partial charge on any atom is 0.287 e. The first kappa shape index (κ1) is 13.4. The van der Waals surface area contributed by atoms with Crippen molar-refractivity contribution in [1.29, 1.82) is 0 Å². The number of hydrogen-bond donors (Lipinski definition) is 2. The Bertz CT molecular complexity index is 571. The first-order valence-corrected chi connectivity index (χ1v) is 6.09. The smallest absolute Gasteiger partial charge is 0.287 e. The SMILES string of the molecule is Cc1cc(C)n(Cc2ccc(C(=O)NCCO)o2)n1. The van der Waals surface area contributed by atoms with Crippen molar-refractivity contribution in [3.05, 3.63) is 41.1 Å². The lowest BCUT2D eigenvalue weighted by atomic mass is 10.4. The van der Waals surface area contributed by atoms with Gasteiger partial charge in [-0.3, -0.25) is 9.48 Å². The molecule has 19 heavy (non-hydrogen) atoms. The van der Waals surface area contributed by atoms with Crippen molar-refractivity contribution < 1.29 is 14.3 Å². The number of aromatic nitrogens is 2. The summed E-state index contributed by atoms with van der Waals surface area (Å²) >= 11 is 0. The molecule has 2 heterocycles. The van der Waals surface area contributed by atoms with Gasteiger partial charge in [-0.25, -0.2) is 0 Å². The van der Waals surface area contributed by atoms with Crippen LogP contribution in [0.3, 0.4) is 0 Å². The van der Waals surface area contributed by atoms with Gasteiger partial charge < -0.3 is 14.8 Å². The summed E-state index contributed by atoms with van der Waals surface area (Å²) in [5.41, 5.74) is 1.99. The highest BCUT2D eigenvalue weighted by Gasteiger charge is 2.11. The highest BCUT2D eigenvalue weighted by atomic mass is 16.4. The summed E-state index contributed by atoms with van der Waals surface area (Å²) in [6, 6.07) is 5.36. The van der Waals surface area contributed by atoms with Crippen LogP contribution >= 0.6 is 0 Å². The molecule has 0 unspecified atom stereocenters. The van der Waals surface area contributed by atoms with E-state index in [0.717, 1.165) is 11.4 Å². The second-order valence-electron chi connectivity index (χ2n) is 4.33. The molecule has 102 valence electrons. The number of hydrogen-bond acceptors (Lipinski definition) is 4. The molecule has 1 amide bonds. The quantitative estimate of drug-likeness (QED) is 0.838. The molecule has 0 radical (unpaired) electrons. The number of carbonyl (C=O) groups excluding carboxylic acids is 1. The number of nitrogens with one attached hydrogen (secondary N) is 1. The first-order chi connectivity index (χ1) is 9.10. The zero-order valence-corrected chi connectivity index (χ0v) is 11.0. The zero-order valence-electron chi connectivity index (χ0n) is 11.0. The Labute approximate surface area is 111 Å². The maximum absolute atomic E-state index is 11.6. The molecule has 0 aliphatic carbocycles. The Morgan fingerprint density at radius 2 is 2.26 bits per heavy atom. The molecule has 2 N–H and O–H groups in total. The first-order valence-electron chi connectivity index (χ1n) is 6.09. The number of furan rings is 1. The molecule has 0 bridgehead atoms. The van der Waals surface area contributed by atoms with E-state index < -0.39 is 0 Å². The van der Waals surface area contributed by atoms with Crippen molar-refractivity contribution in [1.82, 2.24) is 15.1 Å². The molecule has 0 saturated carbocycles. The molecular formula is C13H17N3O3. The molecule has 6 nitrogen and oxygen atoms in total. The average molecular weight is 263 g/mol. The number of carbonyl (C=O) groups is 1. The minimum Gasteiger partial charge on any atom is -0.454 e.